The van der Waals surface area contributed by atoms with Crippen molar-refractivity contribution in [3.63, 3.8) is 0 Å². The molecule has 0 radical (unpaired) electrons. The molecule has 0 bridgehead atoms. The number of piperidine rings is 4. The fraction of sp³-hybridized carbons (Fsp3) is 0.867. The number of hydrogen-bond acceptors (Lipinski definition) is 20. The topological polar surface area (TPSA) is 215 Å². The number of ether oxygens (including phenoxy) is 2. The van der Waals surface area contributed by atoms with Crippen LogP contribution >= 0.6 is 0 Å². The summed E-state index contributed by atoms with van der Waals surface area (Å²) in [6.07, 6.45) is 13.7. The lowest BCUT2D eigenvalue weighted by molar-refractivity contribution is -0.144. The summed E-state index contributed by atoms with van der Waals surface area (Å²) in [5, 5.41) is 21.9. The van der Waals surface area contributed by atoms with Gasteiger partial charge in [-0.15, -0.1) is 0 Å². The third kappa shape index (κ3) is 19.6. The third-order valence-corrected chi connectivity index (χ3v) is 16.7. The van der Waals surface area contributed by atoms with Gasteiger partial charge in [0.1, 0.15) is 13.2 Å². The van der Waals surface area contributed by atoms with Gasteiger partial charge in [0.2, 0.25) is 35.7 Å². The first-order valence-corrected chi connectivity index (χ1v) is 30.3. The van der Waals surface area contributed by atoms with Crippen LogP contribution in [0.4, 0.5) is 35.7 Å². The van der Waals surface area contributed by atoms with Gasteiger partial charge in [0.05, 0.1) is 13.1 Å². The van der Waals surface area contributed by atoms with Crippen molar-refractivity contribution in [2.75, 3.05) is 84.7 Å². The second kappa shape index (κ2) is 25.6. The van der Waals surface area contributed by atoms with Crippen LogP contribution in [0.15, 0.2) is 0 Å². The van der Waals surface area contributed by atoms with E-state index in [9.17, 15) is 9.59 Å². The van der Waals surface area contributed by atoms with Gasteiger partial charge in [0.15, 0.2) is 0 Å². The van der Waals surface area contributed by atoms with Crippen LogP contribution < -0.4 is 51.5 Å². The number of carbonyl (C=O) groups excluding carboxylic acids is 2. The summed E-state index contributed by atoms with van der Waals surface area (Å²) < 4.78 is 11.3. The molecule has 6 rings (SSSR count). The zero-order valence-corrected chi connectivity index (χ0v) is 53.6. The molecule has 6 N–H and O–H groups in total. The van der Waals surface area contributed by atoms with Crippen molar-refractivity contribution in [1.82, 2.24) is 51.2 Å². The summed E-state index contributed by atoms with van der Waals surface area (Å²) in [6, 6.07) is 0.918. The molecule has 0 atom stereocenters. The minimum absolute atomic E-state index is 0.0401. The third-order valence-electron chi connectivity index (χ3n) is 16.7. The average Bonchev–Trinajstić information content (AvgIpc) is 3.30. The lowest BCUT2D eigenvalue weighted by Gasteiger charge is -2.49. The minimum Gasteiger partial charge on any atom is -0.464 e. The molecule has 4 aliphatic heterocycles. The number of aromatic nitrogens is 6. The van der Waals surface area contributed by atoms with Gasteiger partial charge in [-0.2, -0.15) is 29.9 Å². The highest BCUT2D eigenvalue weighted by atomic mass is 16.5. The number of unbranched alkanes of at least 4 members (excludes halogenated alkanes) is 5. The van der Waals surface area contributed by atoms with Crippen molar-refractivity contribution in [1.29, 1.82) is 0 Å². The van der Waals surface area contributed by atoms with Crippen LogP contribution in [0.2, 0.25) is 0 Å². The quantitative estimate of drug-likeness (QED) is 0.0405. The lowest BCUT2D eigenvalue weighted by atomic mass is 9.79. The molecule has 4 fully saturated rings. The van der Waals surface area contributed by atoms with Gasteiger partial charge in [0, 0.05) is 110 Å². The summed E-state index contributed by atoms with van der Waals surface area (Å²) in [7, 11) is 8.38. The van der Waals surface area contributed by atoms with Crippen molar-refractivity contribution >= 4 is 47.6 Å². The van der Waals surface area contributed by atoms with Crippen LogP contribution in [0, 0.1) is 0 Å². The summed E-state index contributed by atoms with van der Waals surface area (Å²) >= 11 is 0. The number of hydrogen-bond donors (Lipinski definition) is 6. The largest absolute Gasteiger partial charge is 0.464 e. The van der Waals surface area contributed by atoms with E-state index in [1.165, 1.54) is 0 Å². The van der Waals surface area contributed by atoms with Crippen LogP contribution in [-0.4, -0.2) is 165 Å². The second-order valence-corrected chi connectivity index (χ2v) is 29.7. The van der Waals surface area contributed by atoms with E-state index in [1.54, 1.807) is 0 Å². The summed E-state index contributed by atoms with van der Waals surface area (Å²) in [5.41, 5.74) is -0.321. The van der Waals surface area contributed by atoms with E-state index < -0.39 is 0 Å². The van der Waals surface area contributed by atoms with E-state index in [2.05, 4.69) is 190 Å². The Labute approximate surface area is 482 Å². The average molecular weight is 1120 g/mol. The van der Waals surface area contributed by atoms with Crippen LogP contribution in [-0.2, 0) is 19.1 Å². The number of esters is 2. The molecule has 0 aromatic carbocycles. The highest BCUT2D eigenvalue weighted by Crippen LogP contribution is 2.38. The van der Waals surface area contributed by atoms with Crippen molar-refractivity contribution in [3.8, 4) is 0 Å². The Morgan fingerprint density at radius 2 is 0.600 bits per heavy atom. The predicted molar refractivity (Wildman–Crippen MR) is 326 cm³/mol. The van der Waals surface area contributed by atoms with E-state index in [1.807, 2.05) is 0 Å². The zero-order chi connectivity index (χ0) is 59.3. The fourth-order valence-corrected chi connectivity index (χ4v) is 14.4. The van der Waals surface area contributed by atoms with Crippen molar-refractivity contribution in [3.05, 3.63) is 0 Å². The molecular weight excluding hydrogens is 1010 g/mol. The molecule has 2 aromatic rings. The smallest absolute Gasteiger partial charge is 0.305 e. The first kappa shape index (κ1) is 64.8. The number of nitrogens with zero attached hydrogens (tertiary/aromatic N) is 10. The molecule has 454 valence electrons. The van der Waals surface area contributed by atoms with Crippen molar-refractivity contribution < 1.29 is 19.1 Å². The standard InChI is InChI=1S/C60H110N16O4/c1-53(2)33-41(34-54(3,4)69-53)73(17)49-63-47(64-50(67-49)74(18)42-35-55(5,6)70-56(7,8)36-42)61-29-31-79-45(77)27-25-23-21-22-24-26-28-46(78)80-32-30-62-48-65-51(75(19)43-37-57(9,10)71-58(11,12)38-43)68-52(66-48)76(20)44-39-59(13,14)72-60(15,16)40-44/h41-44,69-72H,21-40H2,1-20H3,(H,61,63,64,67)(H,62,65,66,68). The number of rotatable bonds is 25. The van der Waals surface area contributed by atoms with E-state index in [-0.39, 0.29) is 93.6 Å². The molecule has 80 heavy (non-hydrogen) atoms. The first-order valence-electron chi connectivity index (χ1n) is 30.3. The number of anilines is 6. The molecule has 0 amide bonds. The normalized spacial score (nSPS) is 22.2. The molecule has 4 aliphatic rings. The van der Waals surface area contributed by atoms with E-state index >= 15 is 0 Å². The Hall–Kier alpha value is -4.40. The second-order valence-electron chi connectivity index (χ2n) is 29.7. The molecule has 20 heteroatoms. The highest BCUT2D eigenvalue weighted by molar-refractivity contribution is 5.69. The summed E-state index contributed by atoms with van der Waals surface area (Å²) in [4.78, 5) is 64.4. The van der Waals surface area contributed by atoms with Crippen LogP contribution in [0.25, 0.3) is 0 Å². The van der Waals surface area contributed by atoms with Gasteiger partial charge in [-0.05, 0) is 175 Å². The highest BCUT2D eigenvalue weighted by Gasteiger charge is 2.44. The monoisotopic (exact) mass is 1120 g/mol. The molecular formula is C60H110N16O4. The van der Waals surface area contributed by atoms with E-state index in [0.29, 0.717) is 61.6 Å². The maximum absolute atomic E-state index is 12.8. The summed E-state index contributed by atoms with van der Waals surface area (Å²) in [5.74, 6) is 3.05. The van der Waals surface area contributed by atoms with Crippen molar-refractivity contribution in [2.24, 2.45) is 0 Å². The van der Waals surface area contributed by atoms with Gasteiger partial charge in [-0.1, -0.05) is 25.7 Å². The molecule has 4 saturated heterocycles. The maximum Gasteiger partial charge on any atom is 0.305 e. The molecule has 0 saturated carbocycles. The Bertz CT molecular complexity index is 2020. The number of nitrogens with one attached hydrogen (secondary N) is 6. The van der Waals surface area contributed by atoms with Gasteiger partial charge in [-0.25, -0.2) is 0 Å². The van der Waals surface area contributed by atoms with Gasteiger partial charge in [0.25, 0.3) is 0 Å². The Morgan fingerprint density at radius 1 is 0.388 bits per heavy atom. The molecule has 0 spiro atoms. The molecule has 2 aromatic heterocycles. The molecule has 0 unspecified atom stereocenters. The Balaban J connectivity index is 0.908. The van der Waals surface area contributed by atoms with Crippen molar-refractivity contribution in [2.45, 2.75) is 282 Å². The predicted octanol–water partition coefficient (Wildman–Crippen LogP) is 8.77. The summed E-state index contributed by atoms with van der Waals surface area (Å²) in [6.45, 7) is 37.3. The lowest BCUT2D eigenvalue weighted by Crippen LogP contribution is -2.62. The maximum atomic E-state index is 12.8. The fourth-order valence-electron chi connectivity index (χ4n) is 14.4. The Kier molecular flexibility index (Phi) is 20.7. The molecule has 6 heterocycles. The molecule has 20 nitrogen and oxygen atoms in total. The zero-order valence-electron chi connectivity index (χ0n) is 53.6. The first-order chi connectivity index (χ1) is 36.9. The Morgan fingerprint density at radius 3 is 0.825 bits per heavy atom. The van der Waals surface area contributed by atoms with Crippen LogP contribution in [0.5, 0.6) is 0 Å². The van der Waals surface area contributed by atoms with Crippen LogP contribution in [0.3, 0.4) is 0 Å². The molecule has 0 aliphatic carbocycles. The van der Waals surface area contributed by atoms with E-state index in [0.717, 1.165) is 89.9 Å². The van der Waals surface area contributed by atoms with Gasteiger partial charge in [-0.3, -0.25) is 9.59 Å². The van der Waals surface area contributed by atoms with Gasteiger partial charge < -0.3 is 61.0 Å². The minimum atomic E-state index is -0.209. The number of carbonyl (C=O) groups is 2. The SMILES string of the molecule is CN(c1nc(NCCOC(=O)CCCCCCCCC(=O)OCCNc2nc(N(C)C3CC(C)(C)NC(C)(C)C3)nc(N(C)C3CC(C)(C)NC(C)(C)C3)n2)nc(N(C)C2CC(C)(C)NC(C)(C)C2)n1)C1CC(C)(C)NC(C)(C)C1. The van der Waals surface area contributed by atoms with Crippen LogP contribution in [0.1, 0.15) is 214 Å². The van der Waals surface area contributed by atoms with E-state index in [4.69, 9.17) is 39.4 Å². The van der Waals surface area contributed by atoms with Gasteiger partial charge >= 0.3 is 11.9 Å².